The summed E-state index contributed by atoms with van der Waals surface area (Å²) in [5.41, 5.74) is 6.83. The molecule has 92 valence electrons. The molecule has 0 saturated heterocycles. The van der Waals surface area contributed by atoms with Gasteiger partial charge in [0.2, 0.25) is 0 Å². The topological polar surface area (TPSA) is 46.3 Å². The Kier molecular flexibility index (Phi) is 3.57. The van der Waals surface area contributed by atoms with Crippen molar-refractivity contribution in [3.8, 4) is 0 Å². The van der Waals surface area contributed by atoms with Gasteiger partial charge in [0.1, 0.15) is 0 Å². The molecule has 1 saturated carbocycles. The van der Waals surface area contributed by atoms with Crippen molar-refractivity contribution in [3.05, 3.63) is 28.8 Å². The number of amides is 1. The van der Waals surface area contributed by atoms with Crippen molar-refractivity contribution < 1.29 is 4.79 Å². The van der Waals surface area contributed by atoms with Crippen LogP contribution < -0.4 is 5.73 Å². The van der Waals surface area contributed by atoms with Crippen LogP contribution in [0.15, 0.2) is 18.2 Å². The fourth-order valence-electron chi connectivity index (χ4n) is 1.85. The fourth-order valence-corrected chi connectivity index (χ4v) is 2.02. The van der Waals surface area contributed by atoms with Crippen LogP contribution in [0.4, 0.5) is 5.69 Å². The summed E-state index contributed by atoms with van der Waals surface area (Å²) in [5, 5.41) is 0.546. The van der Waals surface area contributed by atoms with Gasteiger partial charge in [0, 0.05) is 23.8 Å². The monoisotopic (exact) mass is 252 g/mol. The third-order valence-electron chi connectivity index (χ3n) is 3.09. The van der Waals surface area contributed by atoms with Crippen molar-refractivity contribution in [2.75, 3.05) is 18.8 Å². The van der Waals surface area contributed by atoms with E-state index in [1.807, 2.05) is 11.8 Å². The number of hydrogen-bond donors (Lipinski definition) is 1. The highest BCUT2D eigenvalue weighted by Crippen LogP contribution is 2.30. The lowest BCUT2D eigenvalue weighted by Gasteiger charge is -2.21. The number of halogens is 1. The molecule has 0 heterocycles. The molecule has 1 aliphatic carbocycles. The van der Waals surface area contributed by atoms with E-state index in [0.29, 0.717) is 28.7 Å². The largest absolute Gasteiger partial charge is 0.398 e. The van der Waals surface area contributed by atoms with Crippen molar-refractivity contribution in [3.63, 3.8) is 0 Å². The second-order valence-electron chi connectivity index (χ2n) is 4.52. The Morgan fingerprint density at radius 3 is 2.82 bits per heavy atom. The Balaban J connectivity index is 2.18. The van der Waals surface area contributed by atoms with Gasteiger partial charge >= 0.3 is 0 Å². The van der Waals surface area contributed by atoms with E-state index in [4.69, 9.17) is 17.3 Å². The van der Waals surface area contributed by atoms with Gasteiger partial charge in [-0.3, -0.25) is 4.79 Å². The van der Waals surface area contributed by atoms with Crippen LogP contribution in [0, 0.1) is 5.92 Å². The summed E-state index contributed by atoms with van der Waals surface area (Å²) in [6.45, 7) is 3.53. The van der Waals surface area contributed by atoms with Gasteiger partial charge in [-0.25, -0.2) is 0 Å². The molecule has 1 aliphatic rings. The lowest BCUT2D eigenvalue weighted by molar-refractivity contribution is 0.0758. The minimum atomic E-state index is -0.0144. The van der Waals surface area contributed by atoms with Crippen LogP contribution >= 0.6 is 11.6 Å². The van der Waals surface area contributed by atoms with E-state index in [1.54, 1.807) is 18.2 Å². The predicted octanol–water partition coefficient (Wildman–Crippen LogP) is 2.79. The Labute approximate surface area is 107 Å². The molecule has 0 radical (unpaired) electrons. The van der Waals surface area contributed by atoms with Crippen LogP contribution in [0.1, 0.15) is 30.1 Å². The minimum absolute atomic E-state index is 0.0144. The number of benzene rings is 1. The van der Waals surface area contributed by atoms with Crippen molar-refractivity contribution in [1.82, 2.24) is 4.90 Å². The normalized spacial score (nSPS) is 14.7. The predicted molar refractivity (Wildman–Crippen MR) is 70.2 cm³/mol. The maximum atomic E-state index is 12.3. The molecule has 0 atom stereocenters. The van der Waals surface area contributed by atoms with Crippen LogP contribution in [0.5, 0.6) is 0 Å². The van der Waals surface area contributed by atoms with Gasteiger partial charge in [0.05, 0.1) is 5.56 Å². The molecule has 1 fully saturated rings. The number of rotatable bonds is 4. The average Bonchev–Trinajstić information content (AvgIpc) is 3.12. The number of nitrogens with two attached hydrogens (primary N) is 1. The lowest BCUT2D eigenvalue weighted by atomic mass is 10.1. The van der Waals surface area contributed by atoms with Gasteiger partial charge in [0.15, 0.2) is 0 Å². The van der Waals surface area contributed by atoms with Gasteiger partial charge < -0.3 is 10.6 Å². The first-order valence-electron chi connectivity index (χ1n) is 5.96. The van der Waals surface area contributed by atoms with Gasteiger partial charge in [-0.15, -0.1) is 0 Å². The van der Waals surface area contributed by atoms with Crippen LogP contribution in [-0.2, 0) is 0 Å². The number of nitrogens with zero attached hydrogens (tertiary/aromatic N) is 1. The summed E-state index contributed by atoms with van der Waals surface area (Å²) in [5.74, 6) is 0.665. The lowest BCUT2D eigenvalue weighted by Crippen LogP contribution is -2.33. The highest BCUT2D eigenvalue weighted by Gasteiger charge is 2.27. The molecule has 1 amide bonds. The van der Waals surface area contributed by atoms with Crippen molar-refractivity contribution in [1.29, 1.82) is 0 Å². The van der Waals surface area contributed by atoms with Gasteiger partial charge in [-0.1, -0.05) is 11.6 Å². The average molecular weight is 253 g/mol. The number of nitrogen functional groups attached to an aromatic ring is 1. The molecule has 0 unspecified atom stereocenters. The zero-order valence-electron chi connectivity index (χ0n) is 9.95. The third kappa shape index (κ3) is 2.91. The molecule has 0 aliphatic heterocycles. The number of carbonyl (C=O) groups excluding carboxylic acids is 1. The molecule has 17 heavy (non-hydrogen) atoms. The van der Waals surface area contributed by atoms with Crippen molar-refractivity contribution >= 4 is 23.2 Å². The third-order valence-corrected chi connectivity index (χ3v) is 3.33. The SMILES string of the molecule is CCN(CC1CC1)C(=O)c1cc(Cl)ccc1N. The molecule has 2 rings (SSSR count). The van der Waals surface area contributed by atoms with E-state index in [1.165, 1.54) is 12.8 Å². The molecule has 0 aromatic heterocycles. The maximum Gasteiger partial charge on any atom is 0.255 e. The van der Waals surface area contributed by atoms with Crippen LogP contribution in [0.2, 0.25) is 5.02 Å². The summed E-state index contributed by atoms with van der Waals surface area (Å²) >= 11 is 5.90. The Morgan fingerprint density at radius 1 is 1.53 bits per heavy atom. The second kappa shape index (κ2) is 4.96. The molecule has 3 nitrogen and oxygen atoms in total. The summed E-state index contributed by atoms with van der Waals surface area (Å²) < 4.78 is 0. The zero-order chi connectivity index (χ0) is 12.4. The minimum Gasteiger partial charge on any atom is -0.398 e. The van der Waals surface area contributed by atoms with Crippen LogP contribution in [0.25, 0.3) is 0 Å². The summed E-state index contributed by atoms with van der Waals surface area (Å²) in [4.78, 5) is 14.1. The van der Waals surface area contributed by atoms with E-state index in [2.05, 4.69) is 0 Å². The van der Waals surface area contributed by atoms with E-state index in [9.17, 15) is 4.79 Å². The fraction of sp³-hybridized carbons (Fsp3) is 0.462. The van der Waals surface area contributed by atoms with E-state index in [-0.39, 0.29) is 5.91 Å². The number of anilines is 1. The highest BCUT2D eigenvalue weighted by atomic mass is 35.5. The Bertz CT molecular complexity index is 429. The molecule has 1 aromatic rings. The molecule has 0 spiro atoms. The highest BCUT2D eigenvalue weighted by molar-refractivity contribution is 6.31. The molecular formula is C13H17ClN2O. The molecule has 2 N–H and O–H groups in total. The van der Waals surface area contributed by atoms with Crippen LogP contribution in [0.3, 0.4) is 0 Å². The molecular weight excluding hydrogens is 236 g/mol. The zero-order valence-corrected chi connectivity index (χ0v) is 10.7. The van der Waals surface area contributed by atoms with Gasteiger partial charge in [-0.2, -0.15) is 0 Å². The van der Waals surface area contributed by atoms with E-state index < -0.39 is 0 Å². The van der Waals surface area contributed by atoms with Crippen LogP contribution in [-0.4, -0.2) is 23.9 Å². The van der Waals surface area contributed by atoms with Gasteiger partial charge in [-0.05, 0) is 43.9 Å². The standard InChI is InChI=1S/C13H17ClN2O/c1-2-16(8-9-3-4-9)13(17)11-7-10(14)5-6-12(11)15/h5-7,9H,2-4,8,15H2,1H3. The summed E-state index contributed by atoms with van der Waals surface area (Å²) in [6, 6.07) is 5.03. The van der Waals surface area contributed by atoms with E-state index in [0.717, 1.165) is 6.54 Å². The van der Waals surface area contributed by atoms with E-state index >= 15 is 0 Å². The van der Waals surface area contributed by atoms with Crippen molar-refractivity contribution in [2.24, 2.45) is 5.92 Å². The molecule has 4 heteroatoms. The maximum absolute atomic E-state index is 12.3. The van der Waals surface area contributed by atoms with Gasteiger partial charge in [0.25, 0.3) is 5.91 Å². The first-order chi connectivity index (χ1) is 8.11. The van der Waals surface area contributed by atoms with Crippen molar-refractivity contribution in [2.45, 2.75) is 19.8 Å². The molecule has 1 aromatic carbocycles. The number of carbonyl (C=O) groups is 1. The summed E-state index contributed by atoms with van der Waals surface area (Å²) in [7, 11) is 0. The molecule has 0 bridgehead atoms. The first kappa shape index (κ1) is 12.2. The smallest absolute Gasteiger partial charge is 0.255 e. The first-order valence-corrected chi connectivity index (χ1v) is 6.34. The second-order valence-corrected chi connectivity index (χ2v) is 4.96. The summed E-state index contributed by atoms with van der Waals surface area (Å²) in [6.07, 6.45) is 2.46. The Morgan fingerprint density at radius 2 is 2.24 bits per heavy atom. The number of hydrogen-bond acceptors (Lipinski definition) is 2. The quantitative estimate of drug-likeness (QED) is 0.838. The Hall–Kier alpha value is -1.22.